The van der Waals surface area contributed by atoms with E-state index < -0.39 is 0 Å². The number of amides is 1. The van der Waals surface area contributed by atoms with Crippen molar-refractivity contribution in [3.8, 4) is 0 Å². The molecule has 1 aromatic heterocycles. The summed E-state index contributed by atoms with van der Waals surface area (Å²) in [5.41, 5.74) is 0. The molecule has 0 N–H and O–H groups in total. The minimum Gasteiger partial charge on any atom is -0.378 e. The Morgan fingerprint density at radius 3 is 2.86 bits per heavy atom. The van der Waals surface area contributed by atoms with E-state index in [1.807, 2.05) is 11.8 Å². The molecular formula is C16H24N4O2. The van der Waals surface area contributed by atoms with Crippen LogP contribution in [0.4, 0.5) is 0 Å². The first-order chi connectivity index (χ1) is 10.8. The molecule has 3 heterocycles. The van der Waals surface area contributed by atoms with E-state index in [1.165, 1.54) is 6.42 Å². The Labute approximate surface area is 130 Å². The van der Waals surface area contributed by atoms with Crippen molar-refractivity contribution in [3.05, 3.63) is 11.6 Å². The normalized spacial score (nSPS) is 28.0. The zero-order valence-electron chi connectivity index (χ0n) is 13.2. The minimum atomic E-state index is 0.119. The number of likely N-dealkylation sites (tertiary alicyclic amines) is 1. The number of ether oxygens (including phenoxy) is 1. The van der Waals surface area contributed by atoms with Gasteiger partial charge in [-0.25, -0.2) is 0 Å². The average molecular weight is 304 g/mol. The fourth-order valence-corrected chi connectivity index (χ4v) is 3.90. The monoisotopic (exact) mass is 304 g/mol. The highest BCUT2D eigenvalue weighted by Crippen LogP contribution is 2.37. The van der Waals surface area contributed by atoms with E-state index in [2.05, 4.69) is 14.8 Å². The maximum atomic E-state index is 12.4. The second kappa shape index (κ2) is 5.65. The predicted molar refractivity (Wildman–Crippen MR) is 80.4 cm³/mol. The molecule has 2 fully saturated rings. The van der Waals surface area contributed by atoms with Gasteiger partial charge in [-0.15, -0.1) is 10.2 Å². The third-order valence-electron chi connectivity index (χ3n) is 5.24. The summed E-state index contributed by atoms with van der Waals surface area (Å²) in [6.07, 6.45) is 5.35. The number of aryl methyl sites for hydroxylation is 1. The molecule has 0 aromatic carbocycles. The molecule has 2 aliphatic heterocycles. The molecule has 6 nitrogen and oxygen atoms in total. The van der Waals surface area contributed by atoms with Gasteiger partial charge in [0.1, 0.15) is 11.6 Å². The Morgan fingerprint density at radius 2 is 2.09 bits per heavy atom. The van der Waals surface area contributed by atoms with Crippen LogP contribution in [0.5, 0.6) is 0 Å². The van der Waals surface area contributed by atoms with Crippen molar-refractivity contribution in [2.45, 2.75) is 57.6 Å². The number of hydrogen-bond donors (Lipinski definition) is 0. The summed E-state index contributed by atoms with van der Waals surface area (Å²) in [5, 5.41) is 8.72. The van der Waals surface area contributed by atoms with Crippen LogP contribution in [0.1, 0.15) is 50.2 Å². The number of fused-ring (bicyclic) bond motifs is 1. The van der Waals surface area contributed by atoms with Gasteiger partial charge in [0.2, 0.25) is 5.91 Å². The standard InChI is InChI=1S/C16H24N4O2/c1-2-22-13-10-12(13)16(21)19-8-5-11(6-9-19)15-18-17-14-4-3-7-20(14)15/h11-13H,2-10H2,1H3/t12-,13-/m0/s1. The van der Waals surface area contributed by atoms with E-state index in [4.69, 9.17) is 4.74 Å². The van der Waals surface area contributed by atoms with E-state index in [1.54, 1.807) is 0 Å². The molecule has 1 aliphatic carbocycles. The van der Waals surface area contributed by atoms with E-state index in [0.29, 0.717) is 18.4 Å². The molecule has 4 rings (SSSR count). The van der Waals surface area contributed by atoms with Crippen molar-refractivity contribution in [2.75, 3.05) is 19.7 Å². The number of nitrogens with zero attached hydrogens (tertiary/aromatic N) is 4. The quantitative estimate of drug-likeness (QED) is 0.842. The number of carbonyl (C=O) groups is 1. The number of aromatic nitrogens is 3. The Morgan fingerprint density at radius 1 is 1.27 bits per heavy atom. The lowest BCUT2D eigenvalue weighted by atomic mass is 9.95. The van der Waals surface area contributed by atoms with E-state index in [0.717, 1.165) is 57.0 Å². The number of piperidine rings is 1. The summed E-state index contributed by atoms with van der Waals surface area (Å²) in [4.78, 5) is 14.5. The average Bonchev–Trinajstić information content (AvgIpc) is 2.96. The Bertz CT molecular complexity index is 562. The third-order valence-corrected chi connectivity index (χ3v) is 5.24. The fourth-order valence-electron chi connectivity index (χ4n) is 3.90. The van der Waals surface area contributed by atoms with Gasteiger partial charge < -0.3 is 14.2 Å². The minimum absolute atomic E-state index is 0.119. The van der Waals surface area contributed by atoms with Crippen LogP contribution < -0.4 is 0 Å². The lowest BCUT2D eigenvalue weighted by Crippen LogP contribution is -2.39. The molecule has 2 atom stereocenters. The summed E-state index contributed by atoms with van der Waals surface area (Å²) >= 11 is 0. The van der Waals surface area contributed by atoms with Gasteiger partial charge in [-0.3, -0.25) is 4.79 Å². The molecule has 6 heteroatoms. The SMILES string of the molecule is CCO[C@H]1C[C@@H]1C(=O)N1CCC(c2nnc3n2CCC3)CC1. The summed E-state index contributed by atoms with van der Waals surface area (Å²) in [5.74, 6) is 3.17. The molecule has 0 spiro atoms. The Hall–Kier alpha value is -1.43. The molecule has 1 aromatic rings. The number of hydrogen-bond acceptors (Lipinski definition) is 4. The highest BCUT2D eigenvalue weighted by molar-refractivity contribution is 5.82. The molecule has 1 saturated carbocycles. The summed E-state index contributed by atoms with van der Waals surface area (Å²) in [6, 6.07) is 0. The van der Waals surface area contributed by atoms with Gasteiger partial charge in [0.05, 0.1) is 12.0 Å². The molecule has 22 heavy (non-hydrogen) atoms. The van der Waals surface area contributed by atoms with Crippen molar-refractivity contribution in [1.29, 1.82) is 0 Å². The van der Waals surface area contributed by atoms with Crippen molar-refractivity contribution in [1.82, 2.24) is 19.7 Å². The summed E-state index contributed by atoms with van der Waals surface area (Å²) in [7, 11) is 0. The Kier molecular flexibility index (Phi) is 3.64. The van der Waals surface area contributed by atoms with Crippen LogP contribution >= 0.6 is 0 Å². The smallest absolute Gasteiger partial charge is 0.228 e. The van der Waals surface area contributed by atoms with Gasteiger partial charge in [-0.1, -0.05) is 0 Å². The highest BCUT2D eigenvalue weighted by atomic mass is 16.5. The van der Waals surface area contributed by atoms with Crippen LogP contribution in [0, 0.1) is 5.92 Å². The van der Waals surface area contributed by atoms with Gasteiger partial charge >= 0.3 is 0 Å². The molecule has 1 amide bonds. The second-order valence-corrected chi connectivity index (χ2v) is 6.67. The molecule has 120 valence electrons. The van der Waals surface area contributed by atoms with Gasteiger partial charge in [-0.2, -0.15) is 0 Å². The van der Waals surface area contributed by atoms with E-state index >= 15 is 0 Å². The molecular weight excluding hydrogens is 280 g/mol. The first kappa shape index (κ1) is 14.2. The lowest BCUT2D eigenvalue weighted by Gasteiger charge is -2.31. The zero-order chi connectivity index (χ0) is 15.1. The molecule has 0 radical (unpaired) electrons. The van der Waals surface area contributed by atoms with Crippen molar-refractivity contribution in [3.63, 3.8) is 0 Å². The van der Waals surface area contributed by atoms with Crippen molar-refractivity contribution >= 4 is 5.91 Å². The topological polar surface area (TPSA) is 60.2 Å². The maximum Gasteiger partial charge on any atom is 0.228 e. The van der Waals surface area contributed by atoms with E-state index in [-0.39, 0.29) is 12.0 Å². The fraction of sp³-hybridized carbons (Fsp3) is 0.812. The number of carbonyl (C=O) groups excluding carboxylic acids is 1. The van der Waals surface area contributed by atoms with Gasteiger partial charge in [0.15, 0.2) is 0 Å². The van der Waals surface area contributed by atoms with E-state index in [9.17, 15) is 4.79 Å². The third kappa shape index (κ3) is 2.43. The molecule has 3 aliphatic rings. The highest BCUT2D eigenvalue weighted by Gasteiger charge is 2.46. The predicted octanol–water partition coefficient (Wildman–Crippen LogP) is 1.36. The van der Waals surface area contributed by atoms with Crippen LogP contribution in [-0.4, -0.2) is 51.4 Å². The summed E-state index contributed by atoms with van der Waals surface area (Å²) in [6.45, 7) is 5.45. The molecule has 0 unspecified atom stereocenters. The van der Waals surface area contributed by atoms with Gasteiger partial charge in [0.25, 0.3) is 0 Å². The summed E-state index contributed by atoms with van der Waals surface area (Å²) < 4.78 is 7.84. The second-order valence-electron chi connectivity index (χ2n) is 6.67. The van der Waals surface area contributed by atoms with Crippen LogP contribution in [0.25, 0.3) is 0 Å². The lowest BCUT2D eigenvalue weighted by molar-refractivity contribution is -0.134. The van der Waals surface area contributed by atoms with Crippen molar-refractivity contribution < 1.29 is 9.53 Å². The number of rotatable bonds is 4. The zero-order valence-corrected chi connectivity index (χ0v) is 13.2. The first-order valence-corrected chi connectivity index (χ1v) is 8.60. The largest absolute Gasteiger partial charge is 0.378 e. The van der Waals surface area contributed by atoms with Crippen molar-refractivity contribution in [2.24, 2.45) is 5.92 Å². The Balaban J connectivity index is 1.34. The first-order valence-electron chi connectivity index (χ1n) is 8.60. The maximum absolute atomic E-state index is 12.4. The van der Waals surface area contributed by atoms with Gasteiger partial charge in [0, 0.05) is 38.6 Å². The van der Waals surface area contributed by atoms with Gasteiger partial charge in [-0.05, 0) is 32.6 Å². The van der Waals surface area contributed by atoms with Crippen LogP contribution in [0.3, 0.4) is 0 Å². The van der Waals surface area contributed by atoms with Crippen LogP contribution in [-0.2, 0) is 22.5 Å². The molecule has 0 bridgehead atoms. The van der Waals surface area contributed by atoms with Crippen LogP contribution in [0.2, 0.25) is 0 Å². The van der Waals surface area contributed by atoms with Crippen LogP contribution in [0.15, 0.2) is 0 Å². The molecule has 1 saturated heterocycles.